The molecule has 0 unspecified atom stereocenters. The highest BCUT2D eigenvalue weighted by Crippen LogP contribution is 2.26. The topological polar surface area (TPSA) is 0 Å². The molecule has 0 aromatic carbocycles. The van der Waals surface area contributed by atoms with Crippen molar-refractivity contribution in [3.63, 3.8) is 0 Å². The van der Waals surface area contributed by atoms with Gasteiger partial charge in [0.1, 0.15) is 0 Å². The lowest BCUT2D eigenvalue weighted by Gasteiger charge is -2.22. The van der Waals surface area contributed by atoms with E-state index in [4.69, 9.17) is 0 Å². The quantitative estimate of drug-likeness (QED) is 0.525. The van der Waals surface area contributed by atoms with Gasteiger partial charge >= 0.3 is 0 Å². The molecule has 0 saturated heterocycles. The van der Waals surface area contributed by atoms with E-state index in [1.54, 1.807) is 0 Å². The molecular formula is C10H20. The number of hydrogen-bond donors (Lipinski definition) is 0. The molecule has 60 valence electrons. The van der Waals surface area contributed by atoms with Crippen LogP contribution in [-0.2, 0) is 0 Å². The molecule has 0 rings (SSSR count). The van der Waals surface area contributed by atoms with Gasteiger partial charge in [0.15, 0.2) is 0 Å². The van der Waals surface area contributed by atoms with Crippen molar-refractivity contribution in [2.75, 3.05) is 0 Å². The summed E-state index contributed by atoms with van der Waals surface area (Å²) in [6.45, 7) is 11.2. The minimum absolute atomic E-state index is 0.392. The zero-order valence-electron chi connectivity index (χ0n) is 7.94. The molecule has 0 aliphatic rings. The van der Waals surface area contributed by atoms with E-state index >= 15 is 0 Å². The van der Waals surface area contributed by atoms with Crippen molar-refractivity contribution >= 4 is 0 Å². The predicted molar refractivity (Wildman–Crippen MR) is 48.1 cm³/mol. The van der Waals surface area contributed by atoms with Crippen LogP contribution < -0.4 is 0 Å². The molecule has 0 nitrogen and oxygen atoms in total. The van der Waals surface area contributed by atoms with Crippen molar-refractivity contribution in [3.05, 3.63) is 12.2 Å². The fourth-order valence-corrected chi connectivity index (χ4v) is 1.57. The van der Waals surface area contributed by atoms with Crippen LogP contribution in [0, 0.1) is 11.3 Å². The first-order valence-electron chi connectivity index (χ1n) is 4.12. The van der Waals surface area contributed by atoms with Gasteiger partial charge in [0, 0.05) is 0 Å². The summed E-state index contributed by atoms with van der Waals surface area (Å²) in [6.07, 6.45) is 5.70. The monoisotopic (exact) mass is 140 g/mol. The minimum atomic E-state index is 0.392. The molecule has 0 N–H and O–H groups in total. The first-order chi connectivity index (χ1) is 4.48. The van der Waals surface area contributed by atoms with Crippen LogP contribution in [-0.4, -0.2) is 0 Å². The number of hydrogen-bond acceptors (Lipinski definition) is 0. The molecule has 0 aliphatic heterocycles. The van der Waals surface area contributed by atoms with Crippen LogP contribution >= 0.6 is 0 Å². The van der Waals surface area contributed by atoms with E-state index in [1.807, 2.05) is 0 Å². The van der Waals surface area contributed by atoms with Crippen molar-refractivity contribution in [1.29, 1.82) is 0 Å². The van der Waals surface area contributed by atoms with Crippen molar-refractivity contribution in [2.45, 2.75) is 41.0 Å². The largest absolute Gasteiger partial charge is 0.0911 e. The van der Waals surface area contributed by atoms with Crippen LogP contribution in [0.4, 0.5) is 0 Å². The van der Waals surface area contributed by atoms with Gasteiger partial charge in [0.05, 0.1) is 0 Å². The molecule has 0 fully saturated rings. The third-order valence-corrected chi connectivity index (χ3v) is 1.55. The molecule has 0 spiro atoms. The Morgan fingerprint density at radius 3 is 2.10 bits per heavy atom. The Kier molecular flexibility index (Phi) is 3.70. The Labute approximate surface area is 65.3 Å². The van der Waals surface area contributed by atoms with E-state index in [-0.39, 0.29) is 0 Å². The second-order valence-electron chi connectivity index (χ2n) is 4.09. The molecule has 0 heteroatoms. The fraction of sp³-hybridized carbons (Fsp3) is 0.800. The average Bonchev–Trinajstić information content (AvgIpc) is 1.59. The molecule has 0 amide bonds. The molecule has 0 bridgehead atoms. The van der Waals surface area contributed by atoms with Gasteiger partial charge in [0.2, 0.25) is 0 Å². The summed E-state index contributed by atoms with van der Waals surface area (Å²) in [5, 5.41) is 0. The molecule has 0 atom stereocenters. The van der Waals surface area contributed by atoms with Gasteiger partial charge in [-0.1, -0.05) is 39.8 Å². The highest BCUT2D eigenvalue weighted by Gasteiger charge is 2.14. The first kappa shape index (κ1) is 9.74. The van der Waals surface area contributed by atoms with Crippen molar-refractivity contribution in [2.24, 2.45) is 11.3 Å². The van der Waals surface area contributed by atoms with E-state index in [9.17, 15) is 0 Å². The Hall–Kier alpha value is -0.260. The lowest BCUT2D eigenvalue weighted by atomic mass is 9.84. The van der Waals surface area contributed by atoms with Crippen LogP contribution in [0.3, 0.4) is 0 Å². The van der Waals surface area contributed by atoms with E-state index in [0.29, 0.717) is 5.41 Å². The maximum Gasteiger partial charge on any atom is -0.0173 e. The first-order valence-corrected chi connectivity index (χ1v) is 4.12. The Morgan fingerprint density at radius 1 is 1.30 bits per heavy atom. The molecular weight excluding hydrogens is 120 g/mol. The lowest BCUT2D eigenvalue weighted by Crippen LogP contribution is -2.10. The normalized spacial score (nSPS) is 13.4. The lowest BCUT2D eigenvalue weighted by molar-refractivity contribution is 0.366. The summed E-state index contributed by atoms with van der Waals surface area (Å²) in [6, 6.07) is 0. The van der Waals surface area contributed by atoms with Crippen molar-refractivity contribution < 1.29 is 0 Å². The van der Waals surface area contributed by atoms with E-state index in [1.165, 1.54) is 6.42 Å². The third-order valence-electron chi connectivity index (χ3n) is 1.55. The zero-order chi connectivity index (χ0) is 8.20. The Bertz CT molecular complexity index is 107. The molecule has 0 aromatic rings. The van der Waals surface area contributed by atoms with Gasteiger partial charge in [-0.15, -0.1) is 0 Å². The van der Waals surface area contributed by atoms with Gasteiger partial charge in [-0.2, -0.15) is 0 Å². The van der Waals surface area contributed by atoms with Crippen molar-refractivity contribution in [3.8, 4) is 0 Å². The summed E-state index contributed by atoms with van der Waals surface area (Å²) in [7, 11) is 0. The van der Waals surface area contributed by atoms with Gasteiger partial charge in [0.25, 0.3) is 0 Å². The number of rotatable bonds is 3. The van der Waals surface area contributed by atoms with Gasteiger partial charge in [-0.25, -0.2) is 0 Å². The average molecular weight is 140 g/mol. The highest BCUT2D eigenvalue weighted by atomic mass is 14.2. The third kappa shape index (κ3) is 4.60. The van der Waals surface area contributed by atoms with Gasteiger partial charge < -0.3 is 0 Å². The molecule has 0 aromatic heterocycles. The van der Waals surface area contributed by atoms with Crippen LogP contribution in [0.1, 0.15) is 41.0 Å². The van der Waals surface area contributed by atoms with Gasteiger partial charge in [-0.05, 0) is 24.7 Å². The van der Waals surface area contributed by atoms with Crippen LogP contribution in [0.2, 0.25) is 0 Å². The zero-order valence-corrected chi connectivity index (χ0v) is 7.94. The maximum atomic E-state index is 2.28. The Morgan fingerprint density at radius 2 is 1.80 bits per heavy atom. The summed E-state index contributed by atoms with van der Waals surface area (Å²) < 4.78 is 0. The highest BCUT2D eigenvalue weighted by molar-refractivity contribution is 4.92. The van der Waals surface area contributed by atoms with Crippen LogP contribution in [0.5, 0.6) is 0 Å². The molecule has 0 heterocycles. The SMILES string of the molecule is C/C=C/C(C)(C)CC(C)C. The van der Waals surface area contributed by atoms with E-state index in [0.717, 1.165) is 5.92 Å². The number of allylic oxidation sites excluding steroid dienone is 2. The van der Waals surface area contributed by atoms with E-state index < -0.39 is 0 Å². The summed E-state index contributed by atoms with van der Waals surface area (Å²) >= 11 is 0. The smallest absolute Gasteiger partial charge is 0.0173 e. The maximum absolute atomic E-state index is 2.28. The molecule has 10 heavy (non-hydrogen) atoms. The fourth-order valence-electron chi connectivity index (χ4n) is 1.57. The standard InChI is InChI=1S/C10H20/c1-6-7-10(4,5)8-9(2)3/h6-7,9H,8H2,1-5H3/b7-6+. The molecule has 0 aliphatic carbocycles. The van der Waals surface area contributed by atoms with Crippen LogP contribution in [0.15, 0.2) is 12.2 Å². The molecule has 0 radical (unpaired) electrons. The predicted octanol–water partition coefficient (Wildman–Crippen LogP) is 3.63. The molecule has 0 saturated carbocycles. The summed E-state index contributed by atoms with van der Waals surface area (Å²) in [5.41, 5.74) is 0.392. The van der Waals surface area contributed by atoms with Crippen molar-refractivity contribution in [1.82, 2.24) is 0 Å². The van der Waals surface area contributed by atoms with Crippen LogP contribution in [0.25, 0.3) is 0 Å². The Balaban J connectivity index is 3.86. The second kappa shape index (κ2) is 3.80. The van der Waals surface area contributed by atoms with E-state index in [2.05, 4.69) is 46.8 Å². The minimum Gasteiger partial charge on any atom is -0.0911 e. The van der Waals surface area contributed by atoms with Gasteiger partial charge in [-0.3, -0.25) is 0 Å². The summed E-state index contributed by atoms with van der Waals surface area (Å²) in [4.78, 5) is 0. The second-order valence-corrected chi connectivity index (χ2v) is 4.09. The summed E-state index contributed by atoms with van der Waals surface area (Å²) in [5.74, 6) is 0.797.